The summed E-state index contributed by atoms with van der Waals surface area (Å²) in [6, 6.07) is 0. The molecule has 3 rings (SSSR count). The van der Waals surface area contributed by atoms with Gasteiger partial charge in [0.05, 0.1) is 11.5 Å². The summed E-state index contributed by atoms with van der Waals surface area (Å²) >= 11 is 0. The summed E-state index contributed by atoms with van der Waals surface area (Å²) in [4.78, 5) is 35.8. The first-order valence-electron chi connectivity index (χ1n) is 9.81. The van der Waals surface area contributed by atoms with Crippen LogP contribution in [0.3, 0.4) is 0 Å². The molecule has 0 amide bonds. The number of carboxylic acid groups (broad SMARTS) is 1. The van der Waals surface area contributed by atoms with Crippen LogP contribution in [0.1, 0.15) is 59.8 Å². The molecule has 0 radical (unpaired) electrons. The number of carbonyl (C=O) groups excluding carboxylic acids is 2. The molecule has 6 atom stereocenters. The third-order valence-electron chi connectivity index (χ3n) is 8.21. The van der Waals surface area contributed by atoms with Gasteiger partial charge in [-0.3, -0.25) is 14.4 Å². The first kappa shape index (κ1) is 20.0. The lowest BCUT2D eigenvalue weighted by Crippen LogP contribution is -2.61. The van der Waals surface area contributed by atoms with E-state index in [9.17, 15) is 24.6 Å². The predicted octanol–water partition coefficient (Wildman–Crippen LogP) is 3.32. The van der Waals surface area contributed by atoms with Crippen LogP contribution in [0.4, 0.5) is 0 Å². The van der Waals surface area contributed by atoms with E-state index in [1.807, 2.05) is 6.92 Å². The summed E-state index contributed by atoms with van der Waals surface area (Å²) in [5, 5.41) is 20.5. The Bertz CT molecular complexity index is 750. The molecule has 0 bridgehead atoms. The molecule has 0 aromatic heterocycles. The van der Waals surface area contributed by atoms with Gasteiger partial charge in [0, 0.05) is 17.4 Å². The summed E-state index contributed by atoms with van der Waals surface area (Å²) in [5.41, 5.74) is -0.187. The number of hydrogen-bond donors (Lipinski definition) is 2. The standard InChI is InChI=1S/C22H30O5/c1-13(6-5-11-23)18-14(24)12-16-20(2)10-8-17(25)22(4,19(26)27)15(20)7-9-21(16,18)3/h5-6,11,15-17,25H,7-10,12H2,1-4H3,(H,26,27)/b6-5+,18-13-/t15-,16+,17-,20+,21+,22-/m1/s1. The number of carboxylic acids is 1. The second kappa shape index (κ2) is 6.40. The maximum Gasteiger partial charge on any atom is 0.312 e. The molecule has 148 valence electrons. The zero-order valence-corrected chi connectivity index (χ0v) is 16.6. The Balaban J connectivity index is 2.10. The van der Waals surface area contributed by atoms with Crippen LogP contribution in [0.25, 0.3) is 0 Å². The van der Waals surface area contributed by atoms with Crippen molar-refractivity contribution in [2.24, 2.45) is 28.1 Å². The molecule has 0 unspecified atom stereocenters. The molecule has 5 heteroatoms. The zero-order valence-electron chi connectivity index (χ0n) is 16.6. The van der Waals surface area contributed by atoms with Gasteiger partial charge in [0.2, 0.25) is 0 Å². The Labute approximate surface area is 160 Å². The topological polar surface area (TPSA) is 91.7 Å². The molecule has 0 aromatic carbocycles. The Morgan fingerprint density at radius 1 is 1.15 bits per heavy atom. The summed E-state index contributed by atoms with van der Waals surface area (Å²) < 4.78 is 0. The number of fused-ring (bicyclic) bond motifs is 3. The van der Waals surface area contributed by atoms with Crippen LogP contribution in [0.2, 0.25) is 0 Å². The molecule has 3 saturated carbocycles. The summed E-state index contributed by atoms with van der Waals surface area (Å²) in [5.74, 6) is -0.945. The van der Waals surface area contributed by atoms with E-state index in [1.54, 1.807) is 13.0 Å². The molecule has 27 heavy (non-hydrogen) atoms. The van der Waals surface area contributed by atoms with Crippen molar-refractivity contribution in [2.75, 3.05) is 0 Å². The second-order valence-electron chi connectivity index (χ2n) is 9.39. The number of aliphatic hydroxyl groups is 1. The highest BCUT2D eigenvalue weighted by Crippen LogP contribution is 2.69. The van der Waals surface area contributed by atoms with Crippen LogP contribution in [-0.2, 0) is 14.4 Å². The van der Waals surface area contributed by atoms with Crippen LogP contribution < -0.4 is 0 Å². The molecule has 0 aromatic rings. The van der Waals surface area contributed by atoms with Gasteiger partial charge in [-0.15, -0.1) is 0 Å². The molecule has 5 nitrogen and oxygen atoms in total. The van der Waals surface area contributed by atoms with Crippen molar-refractivity contribution in [3.63, 3.8) is 0 Å². The van der Waals surface area contributed by atoms with E-state index in [4.69, 9.17) is 0 Å². The molecule has 0 aliphatic heterocycles. The SMILES string of the molecule is CC(/C=C/C=O)=C1\C(=O)C[C@H]2[C@@]3(C)CC[C@@H](O)[C@](C)(C(=O)O)[C@@H]3CC[C@]12C. The van der Waals surface area contributed by atoms with Crippen LogP contribution in [-0.4, -0.2) is 34.4 Å². The molecule has 0 heterocycles. The largest absolute Gasteiger partial charge is 0.481 e. The van der Waals surface area contributed by atoms with Gasteiger partial charge in [0.15, 0.2) is 5.78 Å². The fourth-order valence-corrected chi connectivity index (χ4v) is 6.82. The van der Waals surface area contributed by atoms with Crippen LogP contribution in [0.15, 0.2) is 23.3 Å². The van der Waals surface area contributed by atoms with Gasteiger partial charge in [-0.05, 0) is 68.4 Å². The number of carbonyl (C=O) groups is 3. The average molecular weight is 374 g/mol. The van der Waals surface area contributed by atoms with Gasteiger partial charge in [-0.25, -0.2) is 0 Å². The Kier molecular flexibility index (Phi) is 4.74. The zero-order chi connectivity index (χ0) is 20.2. The Morgan fingerprint density at radius 3 is 2.41 bits per heavy atom. The smallest absolute Gasteiger partial charge is 0.312 e. The van der Waals surface area contributed by atoms with Gasteiger partial charge in [0.25, 0.3) is 0 Å². The van der Waals surface area contributed by atoms with E-state index in [2.05, 4.69) is 13.8 Å². The lowest BCUT2D eigenvalue weighted by atomic mass is 9.43. The number of allylic oxidation sites excluding steroid dienone is 4. The third kappa shape index (κ3) is 2.58. The summed E-state index contributed by atoms with van der Waals surface area (Å²) in [6.45, 7) is 7.80. The first-order valence-corrected chi connectivity index (χ1v) is 9.81. The Hall–Kier alpha value is -1.75. The molecule has 0 spiro atoms. The molecule has 3 aliphatic carbocycles. The molecule has 3 fully saturated rings. The van der Waals surface area contributed by atoms with Gasteiger partial charge in [-0.2, -0.15) is 0 Å². The number of ketones is 1. The van der Waals surface area contributed by atoms with Crippen LogP contribution in [0, 0.1) is 28.1 Å². The Morgan fingerprint density at radius 2 is 1.81 bits per heavy atom. The van der Waals surface area contributed by atoms with Crippen LogP contribution in [0.5, 0.6) is 0 Å². The van der Waals surface area contributed by atoms with Gasteiger partial charge >= 0.3 is 5.97 Å². The molecular weight excluding hydrogens is 344 g/mol. The normalized spacial score (nSPS) is 46.1. The van der Waals surface area contributed by atoms with Gasteiger partial charge < -0.3 is 10.2 Å². The predicted molar refractivity (Wildman–Crippen MR) is 101 cm³/mol. The van der Waals surface area contributed by atoms with E-state index in [0.29, 0.717) is 25.5 Å². The summed E-state index contributed by atoms with van der Waals surface area (Å²) in [7, 11) is 0. The van der Waals surface area contributed by atoms with E-state index in [-0.39, 0.29) is 28.4 Å². The molecule has 3 aliphatic rings. The maximum absolute atomic E-state index is 13.0. The lowest BCUT2D eigenvalue weighted by Gasteiger charge is -2.61. The molecular formula is C22H30O5. The number of aliphatic carboxylic acids is 1. The van der Waals surface area contributed by atoms with Crippen molar-refractivity contribution in [1.29, 1.82) is 0 Å². The summed E-state index contributed by atoms with van der Waals surface area (Å²) in [6.07, 6.45) is 5.95. The van der Waals surface area contributed by atoms with Crippen molar-refractivity contribution in [3.05, 3.63) is 23.3 Å². The highest BCUT2D eigenvalue weighted by molar-refractivity contribution is 6.01. The average Bonchev–Trinajstić information content (AvgIpc) is 2.88. The minimum atomic E-state index is -1.18. The number of hydrogen-bond acceptors (Lipinski definition) is 4. The second-order valence-corrected chi connectivity index (χ2v) is 9.39. The minimum absolute atomic E-state index is 0.0528. The van der Waals surface area contributed by atoms with E-state index in [0.717, 1.165) is 24.0 Å². The van der Waals surface area contributed by atoms with Crippen molar-refractivity contribution in [3.8, 4) is 0 Å². The van der Waals surface area contributed by atoms with Gasteiger partial charge in [-0.1, -0.05) is 19.9 Å². The maximum atomic E-state index is 13.0. The van der Waals surface area contributed by atoms with E-state index < -0.39 is 17.5 Å². The molecule has 2 N–H and O–H groups in total. The monoisotopic (exact) mass is 374 g/mol. The molecule has 0 saturated heterocycles. The highest BCUT2D eigenvalue weighted by Gasteiger charge is 2.67. The van der Waals surface area contributed by atoms with Crippen LogP contribution >= 0.6 is 0 Å². The van der Waals surface area contributed by atoms with E-state index >= 15 is 0 Å². The number of aliphatic hydroxyl groups excluding tert-OH is 1. The number of Topliss-reactive ketones (excluding diaryl/α,β-unsaturated/α-hetero) is 1. The van der Waals surface area contributed by atoms with Crippen molar-refractivity contribution < 1.29 is 24.6 Å². The van der Waals surface area contributed by atoms with E-state index in [1.165, 1.54) is 6.08 Å². The fraction of sp³-hybridized carbons (Fsp3) is 0.682. The third-order valence-corrected chi connectivity index (χ3v) is 8.21. The highest BCUT2D eigenvalue weighted by atomic mass is 16.4. The number of aldehydes is 1. The van der Waals surface area contributed by atoms with Gasteiger partial charge in [0.1, 0.15) is 6.29 Å². The minimum Gasteiger partial charge on any atom is -0.481 e. The first-order chi connectivity index (χ1) is 12.5. The van der Waals surface area contributed by atoms with Crippen molar-refractivity contribution >= 4 is 18.0 Å². The van der Waals surface area contributed by atoms with Crippen molar-refractivity contribution in [2.45, 2.75) is 65.9 Å². The quantitative estimate of drug-likeness (QED) is 0.584. The lowest BCUT2D eigenvalue weighted by molar-refractivity contribution is -0.194. The number of rotatable bonds is 3. The fourth-order valence-electron chi connectivity index (χ4n) is 6.82. The van der Waals surface area contributed by atoms with Crippen molar-refractivity contribution in [1.82, 2.24) is 0 Å².